The Kier molecular flexibility index (Phi) is 3.15. The molecule has 1 aliphatic heterocycles. The number of cyclic esters (lactones) is 1. The number of esters is 1. The first-order valence-corrected chi connectivity index (χ1v) is 6.08. The van der Waals surface area contributed by atoms with Crippen LogP contribution >= 0.6 is 15.9 Å². The van der Waals surface area contributed by atoms with E-state index in [0.29, 0.717) is 5.57 Å². The van der Waals surface area contributed by atoms with Gasteiger partial charge in [-0.15, -0.1) is 0 Å². The van der Waals surface area contributed by atoms with Crippen molar-refractivity contribution in [3.05, 3.63) is 46.5 Å². The average Bonchev–Trinajstić information content (AvgIpc) is 2.57. The Morgan fingerprint density at radius 3 is 2.56 bits per heavy atom. The summed E-state index contributed by atoms with van der Waals surface area (Å²) in [6.45, 7) is 5.84. The molecule has 0 saturated carbocycles. The lowest BCUT2D eigenvalue weighted by molar-refractivity contribution is -0.139. The number of benzene rings is 1. The topological polar surface area (TPSA) is 26.3 Å². The van der Waals surface area contributed by atoms with Gasteiger partial charge in [-0.3, -0.25) is 0 Å². The van der Waals surface area contributed by atoms with Crippen molar-refractivity contribution in [1.29, 1.82) is 0 Å². The highest BCUT2D eigenvalue weighted by Crippen LogP contribution is 2.37. The number of carbonyl (C=O) groups excluding carboxylic acids is 1. The molecule has 0 spiro atoms. The van der Waals surface area contributed by atoms with Crippen molar-refractivity contribution in [2.75, 3.05) is 0 Å². The minimum Gasteiger partial charge on any atom is -0.458 e. The lowest BCUT2D eigenvalue weighted by Gasteiger charge is -2.16. The first kappa shape index (κ1) is 11.4. The fourth-order valence-corrected chi connectivity index (χ4v) is 2.30. The number of rotatable bonds is 2. The Balaban J connectivity index is 2.34. The smallest absolute Gasteiger partial charge is 0.334 e. The summed E-state index contributed by atoms with van der Waals surface area (Å²) in [7, 11) is 0. The lowest BCUT2D eigenvalue weighted by atomic mass is 9.88. The van der Waals surface area contributed by atoms with E-state index in [1.165, 1.54) is 0 Å². The molecule has 0 unspecified atom stereocenters. The molecule has 0 aromatic heterocycles. The molecule has 0 aliphatic carbocycles. The molecule has 2 atom stereocenters. The molecular weight excluding hydrogens is 268 g/mol. The van der Waals surface area contributed by atoms with Gasteiger partial charge in [-0.1, -0.05) is 41.6 Å². The molecule has 0 radical (unpaired) electrons. The standard InChI is InChI=1S/C13H13BrO2/c1-3-11-12(8(2)13(15)16-11)9-4-6-10(14)7-5-9/h4-7,11-12H,2-3H2,1H3/t11-,12-/m0/s1. The Bertz CT molecular complexity index is 422. The largest absolute Gasteiger partial charge is 0.458 e. The SMILES string of the molecule is C=C1C(=O)O[C@@H](CC)[C@@H]1c1ccc(Br)cc1. The van der Waals surface area contributed by atoms with Gasteiger partial charge in [-0.25, -0.2) is 4.79 Å². The molecule has 1 saturated heterocycles. The fraction of sp³-hybridized carbons (Fsp3) is 0.308. The van der Waals surface area contributed by atoms with E-state index in [1.807, 2.05) is 31.2 Å². The van der Waals surface area contributed by atoms with E-state index in [-0.39, 0.29) is 18.0 Å². The van der Waals surface area contributed by atoms with Gasteiger partial charge in [0, 0.05) is 10.0 Å². The van der Waals surface area contributed by atoms with Gasteiger partial charge in [0.1, 0.15) is 6.10 Å². The molecule has 16 heavy (non-hydrogen) atoms. The van der Waals surface area contributed by atoms with E-state index in [9.17, 15) is 4.79 Å². The maximum atomic E-state index is 11.5. The molecule has 84 valence electrons. The van der Waals surface area contributed by atoms with E-state index < -0.39 is 0 Å². The minimum atomic E-state index is -0.264. The van der Waals surface area contributed by atoms with Gasteiger partial charge in [-0.2, -0.15) is 0 Å². The van der Waals surface area contributed by atoms with Gasteiger partial charge in [0.25, 0.3) is 0 Å². The molecule has 1 fully saturated rings. The van der Waals surface area contributed by atoms with E-state index >= 15 is 0 Å². The quantitative estimate of drug-likeness (QED) is 0.613. The van der Waals surface area contributed by atoms with E-state index in [0.717, 1.165) is 16.5 Å². The molecule has 2 nitrogen and oxygen atoms in total. The maximum absolute atomic E-state index is 11.5. The molecule has 2 rings (SSSR count). The van der Waals surface area contributed by atoms with E-state index in [4.69, 9.17) is 4.74 Å². The van der Waals surface area contributed by atoms with Crippen LogP contribution in [0.15, 0.2) is 40.9 Å². The minimum absolute atomic E-state index is 0.00519. The van der Waals surface area contributed by atoms with Crippen LogP contribution in [0.1, 0.15) is 24.8 Å². The summed E-state index contributed by atoms with van der Waals surface area (Å²) in [5.74, 6) is -0.259. The Morgan fingerprint density at radius 1 is 1.38 bits per heavy atom. The number of halogens is 1. The monoisotopic (exact) mass is 280 g/mol. The molecule has 1 aliphatic rings. The van der Waals surface area contributed by atoms with Gasteiger partial charge < -0.3 is 4.74 Å². The van der Waals surface area contributed by atoms with Gasteiger partial charge >= 0.3 is 5.97 Å². The summed E-state index contributed by atoms with van der Waals surface area (Å²) in [5, 5.41) is 0. The predicted octanol–water partition coefficient (Wildman–Crippen LogP) is 3.42. The van der Waals surface area contributed by atoms with Gasteiger partial charge in [0.2, 0.25) is 0 Å². The molecule has 0 bridgehead atoms. The van der Waals surface area contributed by atoms with Crippen LogP contribution in [0.25, 0.3) is 0 Å². The van der Waals surface area contributed by atoms with Crippen LogP contribution in [0.4, 0.5) is 0 Å². The highest BCUT2D eigenvalue weighted by Gasteiger charge is 2.38. The predicted molar refractivity (Wildman–Crippen MR) is 66.2 cm³/mol. The summed E-state index contributed by atoms with van der Waals surface area (Å²) in [5.41, 5.74) is 1.65. The third kappa shape index (κ3) is 1.92. The number of ether oxygens (including phenoxy) is 1. The van der Waals surface area contributed by atoms with Gasteiger partial charge in [-0.05, 0) is 24.1 Å². The Morgan fingerprint density at radius 2 is 2.00 bits per heavy atom. The number of hydrogen-bond donors (Lipinski definition) is 0. The second-order valence-corrected chi connectivity index (χ2v) is 4.82. The van der Waals surface area contributed by atoms with Crippen LogP contribution in [0, 0.1) is 0 Å². The number of hydrogen-bond acceptors (Lipinski definition) is 2. The van der Waals surface area contributed by atoms with Crippen molar-refractivity contribution in [1.82, 2.24) is 0 Å². The van der Waals surface area contributed by atoms with Crippen molar-refractivity contribution < 1.29 is 9.53 Å². The zero-order chi connectivity index (χ0) is 11.7. The number of carbonyl (C=O) groups is 1. The van der Waals surface area contributed by atoms with Crippen LogP contribution in [0.2, 0.25) is 0 Å². The Hall–Kier alpha value is -1.09. The maximum Gasteiger partial charge on any atom is 0.334 e. The van der Waals surface area contributed by atoms with Crippen LogP contribution in [0.3, 0.4) is 0 Å². The highest BCUT2D eigenvalue weighted by molar-refractivity contribution is 9.10. The molecule has 1 aromatic carbocycles. The molecule has 0 N–H and O–H groups in total. The Labute approximate surface area is 103 Å². The lowest BCUT2D eigenvalue weighted by Crippen LogP contribution is -2.13. The first-order valence-electron chi connectivity index (χ1n) is 5.28. The van der Waals surface area contributed by atoms with Crippen molar-refractivity contribution in [3.8, 4) is 0 Å². The second kappa shape index (κ2) is 4.42. The van der Waals surface area contributed by atoms with Crippen LogP contribution in [-0.2, 0) is 9.53 Å². The van der Waals surface area contributed by atoms with Gasteiger partial charge in [0.15, 0.2) is 0 Å². The summed E-state index contributed by atoms with van der Waals surface area (Å²) in [6.07, 6.45) is 0.743. The van der Waals surface area contributed by atoms with Crippen LogP contribution < -0.4 is 0 Å². The molecule has 0 amide bonds. The average molecular weight is 281 g/mol. The summed E-state index contributed by atoms with van der Waals surface area (Å²) >= 11 is 3.39. The van der Waals surface area contributed by atoms with Crippen LogP contribution in [0.5, 0.6) is 0 Å². The normalized spacial score (nSPS) is 24.6. The third-order valence-corrected chi connectivity index (χ3v) is 3.43. The fourth-order valence-electron chi connectivity index (χ4n) is 2.04. The van der Waals surface area contributed by atoms with Crippen molar-refractivity contribution in [2.45, 2.75) is 25.4 Å². The van der Waals surface area contributed by atoms with Crippen molar-refractivity contribution >= 4 is 21.9 Å². The summed E-state index contributed by atoms with van der Waals surface area (Å²) < 4.78 is 6.30. The molecule has 3 heteroatoms. The van der Waals surface area contributed by atoms with Crippen molar-refractivity contribution in [2.24, 2.45) is 0 Å². The molecule has 1 aromatic rings. The van der Waals surface area contributed by atoms with Gasteiger partial charge in [0.05, 0.1) is 5.92 Å². The van der Waals surface area contributed by atoms with Crippen molar-refractivity contribution in [3.63, 3.8) is 0 Å². The van der Waals surface area contributed by atoms with E-state index in [2.05, 4.69) is 22.5 Å². The summed E-state index contributed by atoms with van der Waals surface area (Å²) in [6, 6.07) is 7.95. The zero-order valence-corrected chi connectivity index (χ0v) is 10.7. The highest BCUT2D eigenvalue weighted by atomic mass is 79.9. The first-order chi connectivity index (χ1) is 7.63. The van der Waals surface area contributed by atoms with E-state index in [1.54, 1.807) is 0 Å². The third-order valence-electron chi connectivity index (χ3n) is 2.90. The summed E-state index contributed by atoms with van der Waals surface area (Å²) in [4.78, 5) is 11.5. The van der Waals surface area contributed by atoms with Crippen LogP contribution in [-0.4, -0.2) is 12.1 Å². The zero-order valence-electron chi connectivity index (χ0n) is 9.07. The molecule has 1 heterocycles. The second-order valence-electron chi connectivity index (χ2n) is 3.91. The molecular formula is C13H13BrO2.